The van der Waals surface area contributed by atoms with E-state index in [4.69, 9.17) is 5.26 Å². The van der Waals surface area contributed by atoms with Crippen molar-refractivity contribution in [2.75, 3.05) is 7.05 Å². The summed E-state index contributed by atoms with van der Waals surface area (Å²) in [5, 5.41) is 19.0. The molecular weight excluding hydrogens is 414 g/mol. The average molecular weight is 430 g/mol. The van der Waals surface area contributed by atoms with Gasteiger partial charge < -0.3 is 10.6 Å². The first-order chi connectivity index (χ1) is 10.2. The third-order valence-corrected chi connectivity index (χ3v) is 3.62. The lowest BCUT2D eigenvalue weighted by atomic mass is 10.1. The molecule has 2 rings (SSSR count). The van der Waals surface area contributed by atoms with Gasteiger partial charge in [-0.15, -0.1) is 24.0 Å². The molecule has 116 valence electrons. The number of benzene rings is 1. The van der Waals surface area contributed by atoms with E-state index in [-0.39, 0.29) is 24.0 Å². The van der Waals surface area contributed by atoms with Crippen LogP contribution in [0.2, 0.25) is 0 Å². The molecule has 0 saturated heterocycles. The van der Waals surface area contributed by atoms with Crippen LogP contribution < -0.4 is 10.6 Å². The van der Waals surface area contributed by atoms with Gasteiger partial charge in [0.1, 0.15) is 5.82 Å². The zero-order valence-electron chi connectivity index (χ0n) is 12.0. The van der Waals surface area contributed by atoms with Gasteiger partial charge in [-0.25, -0.2) is 4.39 Å². The standard InChI is InChI=1S/C15H15FN4S.HI/c1-18-15(19-8-12-4-5-21-10-12)20-9-13-3-2-11(7-17)6-14(13)16;/h2-6,10H,8-9H2,1H3,(H2,18,19,20);1H. The van der Waals surface area contributed by atoms with Gasteiger partial charge in [-0.05, 0) is 34.5 Å². The van der Waals surface area contributed by atoms with Crippen LogP contribution in [0.4, 0.5) is 4.39 Å². The first-order valence-corrected chi connectivity index (χ1v) is 7.31. The molecule has 0 aliphatic heterocycles. The normalized spacial score (nSPS) is 10.5. The molecule has 1 aromatic carbocycles. The van der Waals surface area contributed by atoms with Crippen LogP contribution in [0.5, 0.6) is 0 Å². The molecule has 0 unspecified atom stereocenters. The van der Waals surface area contributed by atoms with E-state index < -0.39 is 5.82 Å². The van der Waals surface area contributed by atoms with E-state index in [1.165, 1.54) is 11.6 Å². The summed E-state index contributed by atoms with van der Waals surface area (Å²) in [6, 6.07) is 8.38. The Kier molecular flexibility index (Phi) is 7.84. The second-order valence-electron chi connectivity index (χ2n) is 4.33. The Bertz CT molecular complexity index is 665. The minimum absolute atomic E-state index is 0. The quantitative estimate of drug-likeness (QED) is 0.445. The van der Waals surface area contributed by atoms with E-state index in [2.05, 4.69) is 21.0 Å². The van der Waals surface area contributed by atoms with Crippen LogP contribution in [0.3, 0.4) is 0 Å². The molecule has 7 heteroatoms. The van der Waals surface area contributed by atoms with Crippen molar-refractivity contribution in [3.63, 3.8) is 0 Å². The highest BCUT2D eigenvalue weighted by Crippen LogP contribution is 2.09. The lowest BCUT2D eigenvalue weighted by Crippen LogP contribution is -2.36. The Morgan fingerprint density at radius 3 is 2.68 bits per heavy atom. The maximum atomic E-state index is 13.8. The smallest absolute Gasteiger partial charge is 0.191 e. The minimum Gasteiger partial charge on any atom is -0.352 e. The number of nitrogens with zero attached hydrogens (tertiary/aromatic N) is 2. The van der Waals surface area contributed by atoms with Gasteiger partial charge in [-0.3, -0.25) is 4.99 Å². The molecule has 0 radical (unpaired) electrons. The van der Waals surface area contributed by atoms with Gasteiger partial charge in [-0.1, -0.05) is 6.07 Å². The van der Waals surface area contributed by atoms with Gasteiger partial charge in [0.2, 0.25) is 0 Å². The number of aliphatic imine (C=N–C) groups is 1. The van der Waals surface area contributed by atoms with Crippen molar-refractivity contribution in [1.82, 2.24) is 10.6 Å². The molecular formula is C15H16FIN4S. The number of hydrogen-bond donors (Lipinski definition) is 2. The minimum atomic E-state index is -0.394. The molecule has 2 aromatic rings. The Balaban J connectivity index is 0.00000242. The van der Waals surface area contributed by atoms with Crippen LogP contribution >= 0.6 is 35.3 Å². The predicted octanol–water partition coefficient (Wildman–Crippen LogP) is 3.24. The molecule has 4 nitrogen and oxygen atoms in total. The van der Waals surface area contributed by atoms with E-state index in [9.17, 15) is 4.39 Å². The van der Waals surface area contributed by atoms with Gasteiger partial charge >= 0.3 is 0 Å². The number of hydrogen-bond acceptors (Lipinski definition) is 3. The SMILES string of the molecule is CN=C(NCc1ccsc1)NCc1ccc(C#N)cc1F.I. The summed E-state index contributed by atoms with van der Waals surface area (Å²) in [6.45, 7) is 0.972. The van der Waals surface area contributed by atoms with Crippen molar-refractivity contribution in [2.45, 2.75) is 13.1 Å². The number of guanidine groups is 1. The monoisotopic (exact) mass is 430 g/mol. The van der Waals surface area contributed by atoms with Crippen LogP contribution in [-0.2, 0) is 13.1 Å². The van der Waals surface area contributed by atoms with E-state index >= 15 is 0 Å². The summed E-state index contributed by atoms with van der Waals surface area (Å²) >= 11 is 1.64. The van der Waals surface area contributed by atoms with Crippen LogP contribution in [0.25, 0.3) is 0 Å². The van der Waals surface area contributed by atoms with E-state index in [1.54, 1.807) is 30.5 Å². The number of nitrogens with one attached hydrogen (secondary N) is 2. The molecule has 22 heavy (non-hydrogen) atoms. The van der Waals surface area contributed by atoms with Crippen molar-refractivity contribution in [3.05, 3.63) is 57.5 Å². The van der Waals surface area contributed by atoms with Crippen LogP contribution in [-0.4, -0.2) is 13.0 Å². The molecule has 1 aromatic heterocycles. The fraction of sp³-hybridized carbons (Fsp3) is 0.200. The van der Waals surface area contributed by atoms with Gasteiger partial charge in [0, 0.05) is 25.7 Å². The summed E-state index contributed by atoms with van der Waals surface area (Å²) in [7, 11) is 1.66. The first kappa shape index (κ1) is 18.4. The van der Waals surface area contributed by atoms with Gasteiger partial charge in [0.05, 0.1) is 11.6 Å². The van der Waals surface area contributed by atoms with Crippen molar-refractivity contribution >= 4 is 41.3 Å². The summed E-state index contributed by atoms with van der Waals surface area (Å²) < 4.78 is 13.8. The van der Waals surface area contributed by atoms with Crippen LogP contribution in [0, 0.1) is 17.1 Å². The molecule has 2 N–H and O–H groups in total. The number of thiophene rings is 1. The highest BCUT2D eigenvalue weighted by atomic mass is 127. The molecule has 0 aliphatic carbocycles. The Morgan fingerprint density at radius 1 is 1.32 bits per heavy atom. The average Bonchev–Trinajstić information content (AvgIpc) is 3.02. The Morgan fingerprint density at radius 2 is 2.09 bits per heavy atom. The fourth-order valence-corrected chi connectivity index (χ4v) is 2.41. The Labute approximate surface area is 150 Å². The molecule has 0 spiro atoms. The largest absolute Gasteiger partial charge is 0.352 e. The molecule has 0 fully saturated rings. The second kappa shape index (κ2) is 9.38. The number of halogens is 2. The molecule has 0 aliphatic rings. The molecule has 0 amide bonds. The maximum absolute atomic E-state index is 13.8. The second-order valence-corrected chi connectivity index (χ2v) is 5.11. The highest BCUT2D eigenvalue weighted by molar-refractivity contribution is 14.0. The lowest BCUT2D eigenvalue weighted by Gasteiger charge is -2.12. The topological polar surface area (TPSA) is 60.2 Å². The van der Waals surface area contributed by atoms with Crippen molar-refractivity contribution in [2.24, 2.45) is 4.99 Å². The van der Waals surface area contributed by atoms with Crippen LogP contribution in [0.1, 0.15) is 16.7 Å². The van der Waals surface area contributed by atoms with E-state index in [0.717, 1.165) is 0 Å². The van der Waals surface area contributed by atoms with Gasteiger partial charge in [0.15, 0.2) is 5.96 Å². The van der Waals surface area contributed by atoms with Crippen molar-refractivity contribution in [1.29, 1.82) is 5.26 Å². The van der Waals surface area contributed by atoms with Crippen LogP contribution in [0.15, 0.2) is 40.0 Å². The first-order valence-electron chi connectivity index (χ1n) is 6.37. The maximum Gasteiger partial charge on any atom is 0.191 e. The van der Waals surface area contributed by atoms with Gasteiger partial charge in [0.25, 0.3) is 0 Å². The van der Waals surface area contributed by atoms with E-state index in [1.807, 2.05) is 17.5 Å². The Hall–Kier alpha value is -1.66. The third kappa shape index (κ3) is 5.27. The number of rotatable bonds is 4. The number of nitriles is 1. The zero-order valence-corrected chi connectivity index (χ0v) is 15.1. The zero-order chi connectivity index (χ0) is 15.1. The molecule has 0 bridgehead atoms. The highest BCUT2D eigenvalue weighted by Gasteiger charge is 2.05. The van der Waals surface area contributed by atoms with E-state index in [0.29, 0.717) is 30.2 Å². The van der Waals surface area contributed by atoms with Crippen molar-refractivity contribution < 1.29 is 4.39 Å². The summed E-state index contributed by atoms with van der Waals surface area (Å²) in [5.41, 5.74) is 1.98. The van der Waals surface area contributed by atoms with Crippen molar-refractivity contribution in [3.8, 4) is 6.07 Å². The molecule has 0 atom stereocenters. The lowest BCUT2D eigenvalue weighted by molar-refractivity contribution is 0.604. The predicted molar refractivity (Wildman–Crippen MR) is 97.9 cm³/mol. The molecule has 1 heterocycles. The summed E-state index contributed by atoms with van der Waals surface area (Å²) in [4.78, 5) is 4.09. The fourth-order valence-electron chi connectivity index (χ4n) is 1.74. The van der Waals surface area contributed by atoms with Gasteiger partial charge in [-0.2, -0.15) is 16.6 Å². The summed E-state index contributed by atoms with van der Waals surface area (Å²) in [5.74, 6) is 0.208. The third-order valence-electron chi connectivity index (χ3n) is 2.89. The summed E-state index contributed by atoms with van der Waals surface area (Å²) in [6.07, 6.45) is 0. The molecule has 0 saturated carbocycles.